The summed E-state index contributed by atoms with van der Waals surface area (Å²) in [6, 6.07) is 11.1. The number of piperidine rings is 1. The van der Waals surface area contributed by atoms with Crippen molar-refractivity contribution in [2.45, 2.75) is 42.0 Å². The third-order valence-corrected chi connectivity index (χ3v) is 10.1. The molecule has 0 aromatic heterocycles. The molecule has 0 radical (unpaired) electrons. The van der Waals surface area contributed by atoms with Gasteiger partial charge >= 0.3 is 0 Å². The molecular formula is C23H28FN3O5S2. The molecule has 8 nitrogen and oxygen atoms in total. The summed E-state index contributed by atoms with van der Waals surface area (Å²) >= 11 is 0. The van der Waals surface area contributed by atoms with Gasteiger partial charge in [-0.2, -0.15) is 8.61 Å². The Morgan fingerprint density at radius 1 is 0.824 bits per heavy atom. The first-order valence-corrected chi connectivity index (χ1v) is 14.2. The van der Waals surface area contributed by atoms with Gasteiger partial charge in [-0.05, 0) is 67.6 Å². The lowest BCUT2D eigenvalue weighted by atomic mass is 9.99. The molecule has 1 atom stereocenters. The first-order valence-electron chi connectivity index (χ1n) is 11.3. The van der Waals surface area contributed by atoms with Gasteiger partial charge < -0.3 is 5.32 Å². The smallest absolute Gasteiger partial charge is 0.243 e. The highest BCUT2D eigenvalue weighted by molar-refractivity contribution is 7.89. The van der Waals surface area contributed by atoms with Crippen molar-refractivity contribution in [3.05, 3.63) is 59.9 Å². The van der Waals surface area contributed by atoms with Crippen LogP contribution >= 0.6 is 0 Å². The minimum absolute atomic E-state index is 0.000990. The Morgan fingerprint density at radius 2 is 1.35 bits per heavy atom. The molecular weight excluding hydrogens is 481 g/mol. The van der Waals surface area contributed by atoms with E-state index in [0.29, 0.717) is 32.5 Å². The van der Waals surface area contributed by atoms with Crippen LogP contribution in [0.3, 0.4) is 0 Å². The van der Waals surface area contributed by atoms with E-state index in [9.17, 15) is 26.0 Å². The van der Waals surface area contributed by atoms with Crippen molar-refractivity contribution in [3.63, 3.8) is 0 Å². The minimum atomic E-state index is -3.81. The fourth-order valence-corrected chi connectivity index (χ4v) is 7.36. The second kappa shape index (κ2) is 10.1. The van der Waals surface area contributed by atoms with Crippen molar-refractivity contribution in [2.24, 2.45) is 5.92 Å². The number of halogens is 1. The molecule has 0 spiro atoms. The Kier molecular flexibility index (Phi) is 7.36. The van der Waals surface area contributed by atoms with Gasteiger partial charge in [0.2, 0.25) is 26.0 Å². The van der Waals surface area contributed by atoms with Gasteiger partial charge in [-0.15, -0.1) is 0 Å². The quantitative estimate of drug-likeness (QED) is 0.617. The Balaban J connectivity index is 1.35. The number of benzene rings is 2. The van der Waals surface area contributed by atoms with Gasteiger partial charge in [0.15, 0.2) is 0 Å². The summed E-state index contributed by atoms with van der Waals surface area (Å²) in [7, 11) is -7.30. The number of nitrogens with one attached hydrogen (secondary N) is 1. The van der Waals surface area contributed by atoms with Gasteiger partial charge in [-0.1, -0.05) is 12.1 Å². The average Bonchev–Trinajstić information content (AvgIpc) is 3.39. The van der Waals surface area contributed by atoms with Crippen LogP contribution in [-0.4, -0.2) is 57.5 Å². The number of rotatable bonds is 7. The normalized spacial score (nSPS) is 20.3. The van der Waals surface area contributed by atoms with Crippen molar-refractivity contribution < 1.29 is 26.0 Å². The monoisotopic (exact) mass is 509 g/mol. The van der Waals surface area contributed by atoms with Crippen LogP contribution in [0.4, 0.5) is 4.39 Å². The zero-order valence-electron chi connectivity index (χ0n) is 18.7. The van der Waals surface area contributed by atoms with Crippen molar-refractivity contribution in [3.8, 4) is 0 Å². The largest absolute Gasteiger partial charge is 0.352 e. The fraction of sp³-hybridized carbons (Fsp3) is 0.435. The van der Waals surface area contributed by atoms with Crippen LogP contribution in [0.25, 0.3) is 0 Å². The van der Waals surface area contributed by atoms with Gasteiger partial charge in [0.25, 0.3) is 0 Å². The van der Waals surface area contributed by atoms with Crippen molar-refractivity contribution >= 4 is 26.0 Å². The Labute approximate surface area is 199 Å². The number of nitrogens with zero attached hydrogens (tertiary/aromatic N) is 2. The SMILES string of the molecule is O=C(NCc1ccc(S(=O)(=O)N2CCCC2)cc1)[C@H]1CCCN(S(=O)(=O)c2ccc(F)cc2)C1. The average molecular weight is 510 g/mol. The van der Waals surface area contributed by atoms with E-state index in [2.05, 4.69) is 5.32 Å². The molecule has 11 heteroatoms. The lowest BCUT2D eigenvalue weighted by Crippen LogP contribution is -2.45. The molecule has 2 aliphatic heterocycles. The molecule has 1 amide bonds. The van der Waals surface area contributed by atoms with Gasteiger partial charge in [0, 0.05) is 32.7 Å². The number of sulfonamides is 2. The molecule has 1 N–H and O–H groups in total. The minimum Gasteiger partial charge on any atom is -0.352 e. The predicted molar refractivity (Wildman–Crippen MR) is 124 cm³/mol. The lowest BCUT2D eigenvalue weighted by molar-refractivity contribution is -0.126. The first kappa shape index (κ1) is 24.8. The first-order chi connectivity index (χ1) is 16.2. The number of hydrogen-bond acceptors (Lipinski definition) is 5. The van der Waals surface area contributed by atoms with Crippen molar-refractivity contribution in [1.29, 1.82) is 0 Å². The van der Waals surface area contributed by atoms with Crippen LogP contribution in [0.15, 0.2) is 58.3 Å². The van der Waals surface area contributed by atoms with E-state index in [1.165, 1.54) is 20.7 Å². The maximum Gasteiger partial charge on any atom is 0.243 e. The maximum absolute atomic E-state index is 13.2. The summed E-state index contributed by atoms with van der Waals surface area (Å²) in [5.41, 5.74) is 0.750. The van der Waals surface area contributed by atoms with Crippen molar-refractivity contribution in [2.75, 3.05) is 26.2 Å². The van der Waals surface area contributed by atoms with E-state index in [1.54, 1.807) is 24.3 Å². The summed E-state index contributed by atoms with van der Waals surface area (Å²) in [5.74, 6) is -1.27. The van der Waals surface area contributed by atoms with E-state index >= 15 is 0 Å². The number of amides is 1. The van der Waals surface area contributed by atoms with Crippen LogP contribution in [0.5, 0.6) is 0 Å². The summed E-state index contributed by atoms with van der Waals surface area (Å²) in [6.45, 7) is 1.64. The Morgan fingerprint density at radius 3 is 1.97 bits per heavy atom. The third kappa shape index (κ3) is 5.32. The summed E-state index contributed by atoms with van der Waals surface area (Å²) in [4.78, 5) is 13.0. The highest BCUT2D eigenvalue weighted by Crippen LogP contribution is 2.25. The predicted octanol–water partition coefficient (Wildman–Crippen LogP) is 2.33. The lowest BCUT2D eigenvalue weighted by Gasteiger charge is -2.31. The number of carbonyl (C=O) groups excluding carboxylic acids is 1. The molecule has 0 bridgehead atoms. The highest BCUT2D eigenvalue weighted by atomic mass is 32.2. The third-order valence-electron chi connectivity index (χ3n) is 6.30. The molecule has 184 valence electrons. The standard InChI is InChI=1S/C23H28FN3O5S2/c24-20-7-11-22(12-8-20)34(31,32)27-15-3-4-19(17-27)23(28)25-16-18-5-9-21(10-6-18)33(29,30)26-13-1-2-14-26/h5-12,19H,1-4,13-17H2,(H,25,28)/t19-/m0/s1. The molecule has 2 aromatic carbocycles. The summed E-state index contributed by atoms with van der Waals surface area (Å²) in [6.07, 6.45) is 2.84. The Bertz CT molecular complexity index is 1230. The van der Waals surface area contributed by atoms with E-state index < -0.39 is 31.8 Å². The van der Waals surface area contributed by atoms with Crippen LogP contribution in [0, 0.1) is 11.7 Å². The molecule has 0 saturated carbocycles. The summed E-state index contributed by atoms with van der Waals surface area (Å²) in [5, 5.41) is 2.83. The van der Waals surface area contributed by atoms with Crippen LogP contribution in [0.2, 0.25) is 0 Å². The molecule has 2 aliphatic rings. The topological polar surface area (TPSA) is 104 Å². The Hall–Kier alpha value is -2.34. The molecule has 2 saturated heterocycles. The maximum atomic E-state index is 13.2. The number of hydrogen-bond donors (Lipinski definition) is 1. The molecule has 4 rings (SSSR count). The zero-order chi connectivity index (χ0) is 24.3. The molecule has 2 fully saturated rings. The summed E-state index contributed by atoms with van der Waals surface area (Å²) < 4.78 is 66.9. The van der Waals surface area contributed by atoms with Gasteiger partial charge in [-0.25, -0.2) is 21.2 Å². The van der Waals surface area contributed by atoms with E-state index in [1.807, 2.05) is 0 Å². The van der Waals surface area contributed by atoms with Crippen molar-refractivity contribution in [1.82, 2.24) is 13.9 Å². The molecule has 2 aromatic rings. The van der Waals surface area contributed by atoms with Gasteiger partial charge in [-0.3, -0.25) is 4.79 Å². The van der Waals surface area contributed by atoms with Crippen LogP contribution < -0.4 is 5.32 Å². The van der Waals surface area contributed by atoms with Crippen LogP contribution in [0.1, 0.15) is 31.2 Å². The zero-order valence-corrected chi connectivity index (χ0v) is 20.3. The molecule has 0 unspecified atom stereocenters. The van der Waals surface area contributed by atoms with E-state index in [4.69, 9.17) is 0 Å². The second-order valence-corrected chi connectivity index (χ2v) is 12.5. The van der Waals surface area contributed by atoms with Gasteiger partial charge in [0.05, 0.1) is 15.7 Å². The molecule has 2 heterocycles. The number of carbonyl (C=O) groups is 1. The second-order valence-electron chi connectivity index (χ2n) is 8.63. The van der Waals surface area contributed by atoms with Gasteiger partial charge in [0.1, 0.15) is 5.82 Å². The highest BCUT2D eigenvalue weighted by Gasteiger charge is 2.33. The fourth-order valence-electron chi connectivity index (χ4n) is 4.32. The molecule has 34 heavy (non-hydrogen) atoms. The van der Waals surface area contributed by atoms with Crippen LogP contribution in [-0.2, 0) is 31.4 Å². The van der Waals surface area contributed by atoms with E-state index in [0.717, 1.165) is 30.5 Å². The van der Waals surface area contributed by atoms with E-state index in [-0.39, 0.29) is 28.8 Å². The molecule has 0 aliphatic carbocycles.